The van der Waals surface area contributed by atoms with Gasteiger partial charge in [-0.15, -0.1) is 0 Å². The van der Waals surface area contributed by atoms with Gasteiger partial charge in [0.05, 0.1) is 25.6 Å². The van der Waals surface area contributed by atoms with E-state index in [1.165, 1.54) is 38.5 Å². The van der Waals surface area contributed by atoms with E-state index in [1.54, 1.807) is 12.4 Å². The van der Waals surface area contributed by atoms with Crippen LogP contribution in [-0.4, -0.2) is 23.2 Å². The van der Waals surface area contributed by atoms with Crippen molar-refractivity contribution in [1.29, 1.82) is 0 Å². The first-order valence-corrected chi connectivity index (χ1v) is 10.9. The Morgan fingerprint density at radius 3 is 2.11 bits per heavy atom. The van der Waals surface area contributed by atoms with Crippen molar-refractivity contribution in [2.75, 3.05) is 13.2 Å². The van der Waals surface area contributed by atoms with E-state index in [1.807, 2.05) is 24.3 Å². The zero-order valence-corrected chi connectivity index (χ0v) is 17.8. The molecule has 0 amide bonds. The molecule has 2 aromatic rings. The van der Waals surface area contributed by atoms with Gasteiger partial charge in [-0.3, -0.25) is 0 Å². The van der Waals surface area contributed by atoms with Crippen LogP contribution in [-0.2, 0) is 0 Å². The predicted octanol–water partition coefficient (Wildman–Crippen LogP) is 6.70. The van der Waals surface area contributed by atoms with Crippen LogP contribution >= 0.6 is 0 Å². The molecule has 0 N–H and O–H groups in total. The van der Waals surface area contributed by atoms with Crippen LogP contribution in [0, 0.1) is 5.92 Å². The van der Waals surface area contributed by atoms with Crippen LogP contribution in [0.25, 0.3) is 11.4 Å². The Morgan fingerprint density at radius 1 is 0.786 bits per heavy atom. The summed E-state index contributed by atoms with van der Waals surface area (Å²) >= 11 is 0. The van der Waals surface area contributed by atoms with Crippen LogP contribution in [0.3, 0.4) is 0 Å². The van der Waals surface area contributed by atoms with Crippen LogP contribution in [0.4, 0.5) is 0 Å². The highest BCUT2D eigenvalue weighted by molar-refractivity contribution is 5.56. The summed E-state index contributed by atoms with van der Waals surface area (Å²) in [5.74, 6) is 3.02. The maximum atomic E-state index is 5.83. The summed E-state index contributed by atoms with van der Waals surface area (Å²) in [4.78, 5) is 8.86. The Balaban J connectivity index is 1.73. The molecule has 28 heavy (non-hydrogen) atoms. The van der Waals surface area contributed by atoms with E-state index in [4.69, 9.17) is 9.47 Å². The molecule has 4 heteroatoms. The van der Waals surface area contributed by atoms with E-state index >= 15 is 0 Å². The van der Waals surface area contributed by atoms with Gasteiger partial charge in [0, 0.05) is 5.56 Å². The van der Waals surface area contributed by atoms with Crippen LogP contribution in [0.15, 0.2) is 36.7 Å². The Labute approximate surface area is 170 Å². The van der Waals surface area contributed by atoms with Crippen molar-refractivity contribution in [2.45, 2.75) is 72.1 Å². The second-order valence-corrected chi connectivity index (χ2v) is 7.53. The summed E-state index contributed by atoms with van der Waals surface area (Å²) in [6.07, 6.45) is 13.4. The van der Waals surface area contributed by atoms with Gasteiger partial charge in [0.1, 0.15) is 5.75 Å². The van der Waals surface area contributed by atoms with E-state index in [9.17, 15) is 0 Å². The molecule has 0 radical (unpaired) electrons. The standard InChI is InChI=1S/C24H36N2O2/c1-4-6-7-8-9-10-16-27-22-13-11-21(12-14-22)24-25-18-23(19-26-24)28-17-15-20(3)5-2/h11-14,18-20H,4-10,15-17H2,1-3H3. The molecule has 1 aromatic heterocycles. The average Bonchev–Trinajstić information content (AvgIpc) is 2.74. The normalized spacial score (nSPS) is 12.0. The maximum Gasteiger partial charge on any atom is 0.159 e. The molecule has 1 unspecified atom stereocenters. The monoisotopic (exact) mass is 384 g/mol. The van der Waals surface area contributed by atoms with Crippen molar-refractivity contribution in [3.8, 4) is 22.9 Å². The van der Waals surface area contributed by atoms with E-state index in [0.29, 0.717) is 18.3 Å². The van der Waals surface area contributed by atoms with E-state index in [2.05, 4.69) is 30.7 Å². The first-order valence-electron chi connectivity index (χ1n) is 10.9. The van der Waals surface area contributed by atoms with Gasteiger partial charge in [0.25, 0.3) is 0 Å². The fourth-order valence-electron chi connectivity index (χ4n) is 2.89. The second-order valence-electron chi connectivity index (χ2n) is 7.53. The molecule has 0 saturated carbocycles. The molecule has 0 spiro atoms. The number of aromatic nitrogens is 2. The molecule has 154 valence electrons. The Hall–Kier alpha value is -2.10. The summed E-state index contributed by atoms with van der Waals surface area (Å²) in [5, 5.41) is 0. The van der Waals surface area contributed by atoms with Crippen molar-refractivity contribution < 1.29 is 9.47 Å². The topological polar surface area (TPSA) is 44.2 Å². The lowest BCUT2D eigenvalue weighted by atomic mass is 10.1. The Kier molecular flexibility index (Phi) is 10.4. The van der Waals surface area contributed by atoms with Crippen LogP contribution in [0.5, 0.6) is 11.5 Å². The second kappa shape index (κ2) is 13.1. The smallest absolute Gasteiger partial charge is 0.159 e. The molecule has 0 saturated heterocycles. The molecular weight excluding hydrogens is 348 g/mol. The van der Waals surface area contributed by atoms with E-state index in [0.717, 1.165) is 36.5 Å². The molecule has 1 aromatic carbocycles. The molecule has 4 nitrogen and oxygen atoms in total. The highest BCUT2D eigenvalue weighted by atomic mass is 16.5. The first kappa shape index (κ1) is 22.2. The largest absolute Gasteiger partial charge is 0.494 e. The molecule has 1 heterocycles. The SMILES string of the molecule is CCCCCCCCOc1ccc(-c2ncc(OCCC(C)CC)cn2)cc1. The Bertz CT molecular complexity index is 641. The van der Waals surface area contributed by atoms with E-state index in [-0.39, 0.29) is 0 Å². The summed E-state index contributed by atoms with van der Waals surface area (Å²) in [6, 6.07) is 8.00. The molecular formula is C24H36N2O2. The zero-order chi connectivity index (χ0) is 20.0. The number of hydrogen-bond acceptors (Lipinski definition) is 4. The number of ether oxygens (including phenoxy) is 2. The number of unbranched alkanes of at least 4 members (excludes halogenated alkanes) is 5. The number of hydrogen-bond donors (Lipinski definition) is 0. The average molecular weight is 385 g/mol. The van der Waals surface area contributed by atoms with Crippen LogP contribution in [0.2, 0.25) is 0 Å². The minimum absolute atomic E-state index is 0.682. The van der Waals surface area contributed by atoms with Crippen molar-refractivity contribution in [1.82, 2.24) is 9.97 Å². The quantitative estimate of drug-likeness (QED) is 0.340. The third kappa shape index (κ3) is 8.28. The summed E-state index contributed by atoms with van der Waals surface area (Å²) in [6.45, 7) is 8.18. The van der Waals surface area contributed by atoms with Crippen molar-refractivity contribution in [2.24, 2.45) is 5.92 Å². The van der Waals surface area contributed by atoms with Crippen molar-refractivity contribution in [3.63, 3.8) is 0 Å². The third-order valence-corrected chi connectivity index (χ3v) is 5.08. The van der Waals surface area contributed by atoms with E-state index < -0.39 is 0 Å². The van der Waals surface area contributed by atoms with Crippen molar-refractivity contribution >= 4 is 0 Å². The fraction of sp³-hybridized carbons (Fsp3) is 0.583. The summed E-state index contributed by atoms with van der Waals surface area (Å²) in [7, 11) is 0. The van der Waals surface area contributed by atoms with Gasteiger partial charge in [-0.25, -0.2) is 9.97 Å². The van der Waals surface area contributed by atoms with Crippen LogP contribution in [0.1, 0.15) is 72.1 Å². The van der Waals surface area contributed by atoms with Gasteiger partial charge in [-0.1, -0.05) is 59.3 Å². The number of benzene rings is 1. The molecule has 0 aliphatic rings. The first-order chi connectivity index (χ1) is 13.7. The lowest BCUT2D eigenvalue weighted by Crippen LogP contribution is -2.04. The highest BCUT2D eigenvalue weighted by Gasteiger charge is 2.04. The number of nitrogens with zero attached hydrogens (tertiary/aromatic N) is 2. The molecule has 0 aliphatic carbocycles. The van der Waals surface area contributed by atoms with Gasteiger partial charge < -0.3 is 9.47 Å². The lowest BCUT2D eigenvalue weighted by Gasteiger charge is -2.10. The minimum Gasteiger partial charge on any atom is -0.494 e. The third-order valence-electron chi connectivity index (χ3n) is 5.08. The fourth-order valence-corrected chi connectivity index (χ4v) is 2.89. The molecule has 0 aliphatic heterocycles. The summed E-state index contributed by atoms with van der Waals surface area (Å²) < 4.78 is 11.6. The zero-order valence-electron chi connectivity index (χ0n) is 17.8. The molecule has 1 atom stereocenters. The van der Waals surface area contributed by atoms with Crippen molar-refractivity contribution in [3.05, 3.63) is 36.7 Å². The maximum absolute atomic E-state index is 5.83. The number of rotatable bonds is 14. The predicted molar refractivity (Wildman–Crippen MR) is 116 cm³/mol. The van der Waals surface area contributed by atoms with Gasteiger partial charge >= 0.3 is 0 Å². The molecule has 2 rings (SSSR count). The lowest BCUT2D eigenvalue weighted by molar-refractivity contribution is 0.280. The van der Waals surface area contributed by atoms with Crippen LogP contribution < -0.4 is 9.47 Å². The minimum atomic E-state index is 0.682. The summed E-state index contributed by atoms with van der Waals surface area (Å²) in [5.41, 5.74) is 0.984. The highest BCUT2D eigenvalue weighted by Crippen LogP contribution is 2.21. The van der Waals surface area contributed by atoms with Gasteiger partial charge in [0.15, 0.2) is 11.6 Å². The van der Waals surface area contributed by atoms with Gasteiger partial charge in [-0.05, 0) is 43.0 Å². The molecule has 0 fully saturated rings. The Morgan fingerprint density at radius 2 is 1.43 bits per heavy atom. The molecule has 0 bridgehead atoms. The van der Waals surface area contributed by atoms with Gasteiger partial charge in [0.2, 0.25) is 0 Å². The van der Waals surface area contributed by atoms with Gasteiger partial charge in [-0.2, -0.15) is 0 Å².